The van der Waals surface area contributed by atoms with Crippen molar-refractivity contribution < 1.29 is 9.53 Å². The standard InChI is InChI=1S/C23H29N3O2S/c1-2-3-6-17(13-18-15-24-20-8-5-4-7-19(18)20)14-21(27)22-16-25-23(29-22)26-9-11-28-12-10-26/h4-5,7-8,15-17,24H,2-3,6,9-14H2,1H3. The number of para-hydroxylation sites is 1. The zero-order valence-electron chi connectivity index (χ0n) is 17.0. The van der Waals surface area contributed by atoms with Crippen molar-refractivity contribution in [2.45, 2.75) is 39.0 Å². The Morgan fingerprint density at radius 2 is 2.14 bits per heavy atom. The highest BCUT2D eigenvalue weighted by Gasteiger charge is 2.21. The lowest BCUT2D eigenvalue weighted by Gasteiger charge is -2.25. The van der Waals surface area contributed by atoms with Crippen LogP contribution in [0, 0.1) is 5.92 Å². The maximum Gasteiger partial charge on any atom is 0.186 e. The Hall–Kier alpha value is -2.18. The zero-order chi connectivity index (χ0) is 20.1. The summed E-state index contributed by atoms with van der Waals surface area (Å²) in [5.74, 6) is 0.582. The number of carbonyl (C=O) groups excluding carboxylic acids is 1. The lowest BCUT2D eigenvalue weighted by Crippen LogP contribution is -2.36. The summed E-state index contributed by atoms with van der Waals surface area (Å²) in [6.07, 6.45) is 8.78. The minimum absolute atomic E-state index is 0.225. The van der Waals surface area contributed by atoms with E-state index in [4.69, 9.17) is 4.74 Å². The van der Waals surface area contributed by atoms with Gasteiger partial charge in [0.1, 0.15) is 0 Å². The number of anilines is 1. The van der Waals surface area contributed by atoms with Crippen molar-refractivity contribution in [3.63, 3.8) is 0 Å². The molecule has 0 saturated carbocycles. The molecular weight excluding hydrogens is 382 g/mol. The Morgan fingerprint density at radius 3 is 2.97 bits per heavy atom. The van der Waals surface area contributed by atoms with E-state index in [1.54, 1.807) is 6.20 Å². The highest BCUT2D eigenvalue weighted by molar-refractivity contribution is 7.17. The Kier molecular flexibility index (Phi) is 6.62. The van der Waals surface area contributed by atoms with E-state index in [0.29, 0.717) is 12.3 Å². The van der Waals surface area contributed by atoms with Crippen molar-refractivity contribution >= 4 is 33.2 Å². The number of carbonyl (C=O) groups is 1. The normalized spacial score (nSPS) is 15.7. The van der Waals surface area contributed by atoms with E-state index in [9.17, 15) is 4.79 Å². The van der Waals surface area contributed by atoms with Crippen molar-refractivity contribution in [2.24, 2.45) is 5.92 Å². The SMILES string of the molecule is CCCCC(CC(=O)c1cnc(N2CCOCC2)s1)Cc1c[nH]c2ccccc12. The van der Waals surface area contributed by atoms with Crippen LogP contribution in [0.5, 0.6) is 0 Å². The Morgan fingerprint density at radius 1 is 1.31 bits per heavy atom. The fraction of sp³-hybridized carbons (Fsp3) is 0.478. The lowest BCUT2D eigenvalue weighted by molar-refractivity contribution is 0.0962. The smallest absolute Gasteiger partial charge is 0.186 e. The third-order valence-corrected chi connectivity index (χ3v) is 6.77. The maximum absolute atomic E-state index is 13.0. The molecule has 1 aliphatic heterocycles. The molecule has 1 aliphatic rings. The summed E-state index contributed by atoms with van der Waals surface area (Å²) < 4.78 is 5.41. The topological polar surface area (TPSA) is 58.2 Å². The Bertz CT molecular complexity index is 942. The van der Waals surface area contributed by atoms with Crippen molar-refractivity contribution in [1.29, 1.82) is 0 Å². The average molecular weight is 412 g/mol. The van der Waals surface area contributed by atoms with Crippen LogP contribution in [0.3, 0.4) is 0 Å². The van der Waals surface area contributed by atoms with Crippen molar-refractivity contribution in [3.8, 4) is 0 Å². The van der Waals surface area contributed by atoms with E-state index in [-0.39, 0.29) is 5.78 Å². The number of nitrogens with one attached hydrogen (secondary N) is 1. The molecule has 0 bridgehead atoms. The first-order chi connectivity index (χ1) is 14.2. The van der Waals surface area contributed by atoms with Gasteiger partial charge in [-0.1, -0.05) is 49.3 Å². The number of thiazole rings is 1. The van der Waals surface area contributed by atoms with Crippen LogP contribution in [0.25, 0.3) is 10.9 Å². The molecule has 2 aromatic heterocycles. The number of Topliss-reactive ketones (excluding diaryl/α,β-unsaturated/α-hetero) is 1. The summed E-state index contributed by atoms with van der Waals surface area (Å²) in [4.78, 5) is 23.9. The Labute approximate surface area is 176 Å². The second-order valence-electron chi connectivity index (χ2n) is 7.81. The van der Waals surface area contributed by atoms with Gasteiger partial charge in [-0.3, -0.25) is 4.79 Å². The van der Waals surface area contributed by atoms with Crippen LogP contribution in [0.15, 0.2) is 36.7 Å². The number of benzene rings is 1. The van der Waals surface area contributed by atoms with Crippen LogP contribution < -0.4 is 4.90 Å². The third-order valence-electron chi connectivity index (χ3n) is 5.67. The number of ketones is 1. The minimum Gasteiger partial charge on any atom is -0.378 e. The molecule has 1 aromatic carbocycles. The minimum atomic E-state index is 0.225. The van der Waals surface area contributed by atoms with E-state index < -0.39 is 0 Å². The molecule has 1 N–H and O–H groups in total. The molecule has 3 aromatic rings. The number of unbranched alkanes of at least 4 members (excludes halogenated alkanes) is 1. The molecule has 29 heavy (non-hydrogen) atoms. The van der Waals surface area contributed by atoms with E-state index in [2.05, 4.69) is 52.3 Å². The maximum atomic E-state index is 13.0. The number of H-pyrrole nitrogens is 1. The van der Waals surface area contributed by atoms with Crippen molar-refractivity contribution in [2.75, 3.05) is 31.2 Å². The van der Waals surface area contributed by atoms with Gasteiger partial charge in [-0.2, -0.15) is 0 Å². The van der Waals surface area contributed by atoms with Gasteiger partial charge in [0.25, 0.3) is 0 Å². The van der Waals surface area contributed by atoms with Gasteiger partial charge in [-0.25, -0.2) is 4.98 Å². The van der Waals surface area contributed by atoms with Gasteiger partial charge in [-0.05, 0) is 30.4 Å². The van der Waals surface area contributed by atoms with Gasteiger partial charge in [0, 0.05) is 36.6 Å². The van der Waals surface area contributed by atoms with Crippen molar-refractivity contribution in [1.82, 2.24) is 9.97 Å². The molecule has 0 radical (unpaired) electrons. The van der Waals surface area contributed by atoms with Gasteiger partial charge in [0.05, 0.1) is 24.3 Å². The molecule has 154 valence electrons. The summed E-state index contributed by atoms with van der Waals surface area (Å²) in [5.41, 5.74) is 2.48. The fourth-order valence-electron chi connectivity index (χ4n) is 4.04. The van der Waals surface area contributed by atoms with Gasteiger partial charge in [0.2, 0.25) is 0 Å². The molecule has 4 rings (SSSR count). The van der Waals surface area contributed by atoms with Crippen LogP contribution in [0.4, 0.5) is 5.13 Å². The molecule has 1 unspecified atom stereocenters. The predicted molar refractivity (Wildman–Crippen MR) is 119 cm³/mol. The predicted octanol–water partition coefficient (Wildman–Crippen LogP) is 5.08. The highest BCUT2D eigenvalue weighted by Crippen LogP contribution is 2.29. The summed E-state index contributed by atoms with van der Waals surface area (Å²) in [6, 6.07) is 8.40. The number of hydrogen-bond donors (Lipinski definition) is 1. The second-order valence-corrected chi connectivity index (χ2v) is 8.81. The first-order valence-electron chi connectivity index (χ1n) is 10.6. The molecule has 0 spiro atoms. The quantitative estimate of drug-likeness (QED) is 0.499. The number of morpholine rings is 1. The molecular formula is C23H29N3O2S. The van der Waals surface area contributed by atoms with Crippen LogP contribution in [-0.2, 0) is 11.2 Å². The van der Waals surface area contributed by atoms with Crippen LogP contribution in [0.2, 0.25) is 0 Å². The molecule has 5 nitrogen and oxygen atoms in total. The third kappa shape index (κ3) is 4.87. The van der Waals surface area contributed by atoms with Crippen LogP contribution in [0.1, 0.15) is 47.8 Å². The zero-order valence-corrected chi connectivity index (χ0v) is 17.8. The van der Waals surface area contributed by atoms with E-state index >= 15 is 0 Å². The van der Waals surface area contributed by atoms with E-state index in [1.165, 1.54) is 27.8 Å². The van der Waals surface area contributed by atoms with Crippen LogP contribution >= 0.6 is 11.3 Å². The molecule has 1 fully saturated rings. The van der Waals surface area contributed by atoms with Gasteiger partial charge in [0.15, 0.2) is 10.9 Å². The highest BCUT2D eigenvalue weighted by atomic mass is 32.1. The number of aromatic nitrogens is 2. The molecule has 3 heterocycles. The largest absolute Gasteiger partial charge is 0.378 e. The summed E-state index contributed by atoms with van der Waals surface area (Å²) >= 11 is 1.53. The fourth-order valence-corrected chi connectivity index (χ4v) is 4.95. The molecule has 6 heteroatoms. The van der Waals surface area contributed by atoms with Gasteiger partial charge < -0.3 is 14.6 Å². The number of fused-ring (bicyclic) bond motifs is 1. The first-order valence-corrected chi connectivity index (χ1v) is 11.4. The average Bonchev–Trinajstić information content (AvgIpc) is 3.41. The number of nitrogens with zero attached hydrogens (tertiary/aromatic N) is 2. The second kappa shape index (κ2) is 9.55. The number of ether oxygens (including phenoxy) is 1. The van der Waals surface area contributed by atoms with Crippen molar-refractivity contribution in [3.05, 3.63) is 47.1 Å². The number of aromatic amines is 1. The monoisotopic (exact) mass is 411 g/mol. The van der Waals surface area contributed by atoms with E-state index in [0.717, 1.165) is 62.0 Å². The number of rotatable bonds is 9. The summed E-state index contributed by atoms with van der Waals surface area (Å²) in [6.45, 7) is 5.36. The van der Waals surface area contributed by atoms with E-state index in [1.807, 2.05) is 0 Å². The first kappa shape index (κ1) is 20.1. The molecule has 0 aliphatic carbocycles. The summed E-state index contributed by atoms with van der Waals surface area (Å²) in [5, 5.41) is 2.22. The summed E-state index contributed by atoms with van der Waals surface area (Å²) in [7, 11) is 0. The lowest BCUT2D eigenvalue weighted by atomic mass is 9.89. The van der Waals surface area contributed by atoms with Crippen LogP contribution in [-0.4, -0.2) is 42.1 Å². The number of hydrogen-bond acceptors (Lipinski definition) is 5. The molecule has 0 amide bonds. The Balaban J connectivity index is 1.44. The molecule has 1 atom stereocenters. The van der Waals surface area contributed by atoms with Gasteiger partial charge in [-0.15, -0.1) is 0 Å². The van der Waals surface area contributed by atoms with Gasteiger partial charge >= 0.3 is 0 Å². The molecule has 1 saturated heterocycles.